The standard InChI is InChI=1S/C22H34BNO4/c1-20(2,3)26-19(25)24-13-9-11-17(15-24)16-10-8-12-18(14-16)23-27-21(4,5)22(6,7)28-23/h8,10,12,14,17H,9,11,13,15H2,1-7H3/t17-/m0/s1. The molecule has 0 spiro atoms. The molecule has 0 saturated carbocycles. The zero-order valence-electron chi connectivity index (χ0n) is 18.4. The Kier molecular flexibility index (Phi) is 5.58. The largest absolute Gasteiger partial charge is 0.494 e. The number of hydrogen-bond acceptors (Lipinski definition) is 4. The number of benzene rings is 1. The smallest absolute Gasteiger partial charge is 0.444 e. The first kappa shape index (κ1) is 21.2. The molecule has 0 aliphatic carbocycles. The van der Waals surface area contributed by atoms with Gasteiger partial charge in [0.05, 0.1) is 11.2 Å². The van der Waals surface area contributed by atoms with Gasteiger partial charge < -0.3 is 18.9 Å². The molecule has 0 aromatic heterocycles. The fourth-order valence-electron chi connectivity index (χ4n) is 3.68. The van der Waals surface area contributed by atoms with Crippen molar-refractivity contribution in [3.05, 3.63) is 29.8 Å². The summed E-state index contributed by atoms with van der Waals surface area (Å²) in [7, 11) is -0.365. The molecule has 3 rings (SSSR count). The molecule has 0 radical (unpaired) electrons. The summed E-state index contributed by atoms with van der Waals surface area (Å²) in [5.41, 5.74) is 1.07. The minimum absolute atomic E-state index is 0.223. The molecule has 0 unspecified atom stereocenters. The van der Waals surface area contributed by atoms with Gasteiger partial charge in [0.15, 0.2) is 0 Å². The number of ether oxygens (including phenoxy) is 1. The summed E-state index contributed by atoms with van der Waals surface area (Å²) in [6.07, 6.45) is 1.82. The Bertz CT molecular complexity index is 709. The topological polar surface area (TPSA) is 48.0 Å². The van der Waals surface area contributed by atoms with Gasteiger partial charge in [0.1, 0.15) is 5.60 Å². The third-order valence-electron chi connectivity index (χ3n) is 5.98. The molecule has 5 nitrogen and oxygen atoms in total. The number of rotatable bonds is 2. The van der Waals surface area contributed by atoms with Crippen molar-refractivity contribution in [1.29, 1.82) is 0 Å². The third kappa shape index (κ3) is 4.55. The van der Waals surface area contributed by atoms with Crippen LogP contribution in [0.3, 0.4) is 0 Å². The maximum Gasteiger partial charge on any atom is 0.494 e. The van der Waals surface area contributed by atoms with E-state index in [-0.39, 0.29) is 24.4 Å². The van der Waals surface area contributed by atoms with Crippen LogP contribution in [0.1, 0.15) is 72.8 Å². The summed E-state index contributed by atoms with van der Waals surface area (Å²) in [6, 6.07) is 8.42. The summed E-state index contributed by atoms with van der Waals surface area (Å²) >= 11 is 0. The highest BCUT2D eigenvalue weighted by Crippen LogP contribution is 2.37. The monoisotopic (exact) mass is 387 g/mol. The number of likely N-dealkylation sites (tertiary alicyclic amines) is 1. The van der Waals surface area contributed by atoms with Crippen LogP contribution in [-0.2, 0) is 14.0 Å². The van der Waals surface area contributed by atoms with Crippen molar-refractivity contribution in [3.63, 3.8) is 0 Å². The van der Waals surface area contributed by atoms with E-state index in [9.17, 15) is 4.79 Å². The van der Waals surface area contributed by atoms with Gasteiger partial charge in [-0.15, -0.1) is 0 Å². The number of hydrogen-bond donors (Lipinski definition) is 0. The Hall–Kier alpha value is -1.53. The first-order valence-electron chi connectivity index (χ1n) is 10.3. The molecule has 6 heteroatoms. The van der Waals surface area contributed by atoms with Crippen molar-refractivity contribution >= 4 is 18.7 Å². The van der Waals surface area contributed by atoms with Gasteiger partial charge >= 0.3 is 13.2 Å². The van der Waals surface area contributed by atoms with Crippen molar-refractivity contribution in [3.8, 4) is 0 Å². The van der Waals surface area contributed by atoms with Crippen LogP contribution < -0.4 is 5.46 Å². The maximum absolute atomic E-state index is 12.5. The van der Waals surface area contributed by atoms with Gasteiger partial charge in [-0.2, -0.15) is 0 Å². The second kappa shape index (κ2) is 7.38. The van der Waals surface area contributed by atoms with E-state index in [0.29, 0.717) is 12.5 Å². The van der Waals surface area contributed by atoms with Gasteiger partial charge in [-0.05, 0) is 72.3 Å². The van der Waals surface area contributed by atoms with Crippen LogP contribution >= 0.6 is 0 Å². The number of carbonyl (C=O) groups excluding carboxylic acids is 1. The molecular formula is C22H34BNO4. The Morgan fingerprint density at radius 3 is 2.43 bits per heavy atom. The first-order chi connectivity index (χ1) is 12.9. The van der Waals surface area contributed by atoms with E-state index in [1.54, 1.807) is 0 Å². The van der Waals surface area contributed by atoms with E-state index >= 15 is 0 Å². The average Bonchev–Trinajstić information content (AvgIpc) is 2.81. The van der Waals surface area contributed by atoms with Crippen LogP contribution in [-0.4, -0.2) is 48.0 Å². The Balaban J connectivity index is 1.73. The molecule has 2 fully saturated rings. The zero-order chi connectivity index (χ0) is 20.7. The molecule has 2 heterocycles. The molecule has 1 atom stereocenters. The fraction of sp³-hybridized carbons (Fsp3) is 0.682. The molecule has 2 aliphatic heterocycles. The normalized spacial score (nSPS) is 24.3. The number of amides is 1. The van der Waals surface area contributed by atoms with Crippen molar-refractivity contribution in [2.45, 2.75) is 84.0 Å². The molecule has 1 amide bonds. The lowest BCUT2D eigenvalue weighted by Crippen LogP contribution is -2.42. The highest BCUT2D eigenvalue weighted by molar-refractivity contribution is 6.62. The van der Waals surface area contributed by atoms with Crippen molar-refractivity contribution in [1.82, 2.24) is 4.90 Å². The van der Waals surface area contributed by atoms with E-state index in [1.807, 2.05) is 25.7 Å². The summed E-state index contributed by atoms with van der Waals surface area (Å²) in [4.78, 5) is 14.3. The summed E-state index contributed by atoms with van der Waals surface area (Å²) in [5, 5.41) is 0. The van der Waals surface area contributed by atoms with Crippen LogP contribution in [0.2, 0.25) is 0 Å². The van der Waals surface area contributed by atoms with E-state index in [2.05, 4.69) is 52.0 Å². The predicted octanol–water partition coefficient (Wildman–Crippen LogP) is 4.10. The molecule has 1 aromatic carbocycles. The van der Waals surface area contributed by atoms with E-state index < -0.39 is 5.60 Å². The summed E-state index contributed by atoms with van der Waals surface area (Å²) in [6.45, 7) is 15.4. The van der Waals surface area contributed by atoms with Gasteiger partial charge in [0.25, 0.3) is 0 Å². The lowest BCUT2D eigenvalue weighted by atomic mass is 9.76. The molecule has 154 valence electrons. The quantitative estimate of drug-likeness (QED) is 0.717. The zero-order valence-corrected chi connectivity index (χ0v) is 18.4. The number of carbonyl (C=O) groups is 1. The van der Waals surface area contributed by atoms with Gasteiger partial charge in [-0.25, -0.2) is 4.79 Å². The van der Waals surface area contributed by atoms with Crippen LogP contribution in [0.4, 0.5) is 4.79 Å². The van der Waals surface area contributed by atoms with Gasteiger partial charge in [0.2, 0.25) is 0 Å². The van der Waals surface area contributed by atoms with Crippen LogP contribution in [0.5, 0.6) is 0 Å². The second-order valence-electron chi connectivity index (χ2n) is 10.0. The summed E-state index contributed by atoms with van der Waals surface area (Å²) < 4.78 is 18.0. The van der Waals surface area contributed by atoms with Gasteiger partial charge in [0, 0.05) is 19.0 Å². The van der Waals surface area contributed by atoms with Crippen LogP contribution in [0, 0.1) is 0 Å². The fourth-order valence-corrected chi connectivity index (χ4v) is 3.68. The van der Waals surface area contributed by atoms with Gasteiger partial charge in [-0.1, -0.05) is 24.3 Å². The minimum atomic E-state index is -0.472. The maximum atomic E-state index is 12.5. The minimum Gasteiger partial charge on any atom is -0.444 e. The van der Waals surface area contributed by atoms with E-state index in [0.717, 1.165) is 24.8 Å². The van der Waals surface area contributed by atoms with E-state index in [4.69, 9.17) is 14.0 Å². The molecule has 2 aliphatic rings. The van der Waals surface area contributed by atoms with Gasteiger partial charge in [-0.3, -0.25) is 0 Å². The number of nitrogens with zero attached hydrogens (tertiary/aromatic N) is 1. The molecule has 0 bridgehead atoms. The summed E-state index contributed by atoms with van der Waals surface area (Å²) in [5.74, 6) is 0.295. The lowest BCUT2D eigenvalue weighted by Gasteiger charge is -2.34. The second-order valence-corrected chi connectivity index (χ2v) is 10.0. The Morgan fingerprint density at radius 1 is 1.18 bits per heavy atom. The molecule has 1 aromatic rings. The number of piperidine rings is 1. The van der Waals surface area contributed by atoms with Crippen LogP contribution in [0.15, 0.2) is 24.3 Å². The van der Waals surface area contributed by atoms with E-state index in [1.165, 1.54) is 5.56 Å². The lowest BCUT2D eigenvalue weighted by molar-refractivity contribution is 0.00578. The average molecular weight is 387 g/mol. The Labute approximate surface area is 169 Å². The van der Waals surface area contributed by atoms with Crippen molar-refractivity contribution in [2.24, 2.45) is 0 Å². The van der Waals surface area contributed by atoms with Crippen LogP contribution in [0.25, 0.3) is 0 Å². The highest BCUT2D eigenvalue weighted by Gasteiger charge is 2.51. The van der Waals surface area contributed by atoms with Crippen molar-refractivity contribution in [2.75, 3.05) is 13.1 Å². The molecule has 2 saturated heterocycles. The first-order valence-corrected chi connectivity index (χ1v) is 10.3. The SMILES string of the molecule is CC(C)(C)OC(=O)N1CCC[C@H](c2cccc(B3OC(C)(C)C(C)(C)O3)c2)C1. The highest BCUT2D eigenvalue weighted by atomic mass is 16.7. The predicted molar refractivity (Wildman–Crippen MR) is 112 cm³/mol. The Morgan fingerprint density at radius 2 is 1.82 bits per heavy atom. The molecule has 28 heavy (non-hydrogen) atoms. The molecule has 0 N–H and O–H groups in total. The van der Waals surface area contributed by atoms with Crippen molar-refractivity contribution < 1.29 is 18.8 Å². The molecular weight excluding hydrogens is 353 g/mol. The third-order valence-corrected chi connectivity index (χ3v) is 5.98.